The van der Waals surface area contributed by atoms with Crippen LogP contribution in [-0.4, -0.2) is 57.8 Å². The number of Topliss-reactive ketones (excluding diaryl/α,β-unsaturated/α-hetero) is 1. The van der Waals surface area contributed by atoms with Gasteiger partial charge in [-0.25, -0.2) is 4.98 Å². The van der Waals surface area contributed by atoms with Crippen LogP contribution in [0.15, 0.2) is 73.2 Å². The molecule has 1 heterocycles. The summed E-state index contributed by atoms with van der Waals surface area (Å²) in [5, 5.41) is 9.48. The van der Waals surface area contributed by atoms with Crippen molar-refractivity contribution in [2.45, 2.75) is 44.7 Å². The van der Waals surface area contributed by atoms with E-state index < -0.39 is 59.8 Å². The molecule has 4 N–H and O–H groups in total. The second-order valence-electron chi connectivity index (χ2n) is 9.82. The van der Waals surface area contributed by atoms with Gasteiger partial charge in [0, 0.05) is 17.4 Å². The van der Waals surface area contributed by atoms with E-state index in [0.717, 1.165) is 6.20 Å². The molecule has 44 heavy (non-hydrogen) atoms. The van der Waals surface area contributed by atoms with Gasteiger partial charge in [0.1, 0.15) is 11.7 Å². The number of nitrogens with zero attached hydrogens (tertiary/aromatic N) is 2. The third kappa shape index (κ3) is 9.59. The lowest BCUT2D eigenvalue weighted by Gasteiger charge is -2.27. The maximum Gasteiger partial charge on any atom is 0.452 e. The Balaban J connectivity index is 1.89. The van der Waals surface area contributed by atoms with Crippen molar-refractivity contribution < 1.29 is 37.1 Å². The molecular formula is C29H28ClF3N6O5. The highest BCUT2D eigenvalue weighted by Crippen LogP contribution is 2.22. The molecule has 2 aromatic carbocycles. The first-order valence-corrected chi connectivity index (χ1v) is 13.5. The molecule has 15 heteroatoms. The molecule has 0 fully saturated rings. The maximum atomic E-state index is 13.5. The van der Waals surface area contributed by atoms with Crippen molar-refractivity contribution in [1.29, 1.82) is 0 Å². The van der Waals surface area contributed by atoms with E-state index in [4.69, 9.17) is 11.6 Å². The Labute approximate surface area is 255 Å². The van der Waals surface area contributed by atoms with Gasteiger partial charge >= 0.3 is 6.18 Å². The van der Waals surface area contributed by atoms with Gasteiger partial charge in [-0.2, -0.15) is 13.2 Å². The number of benzene rings is 2. The topological polar surface area (TPSA) is 159 Å². The Kier molecular flexibility index (Phi) is 11.5. The van der Waals surface area contributed by atoms with Gasteiger partial charge in [-0.3, -0.25) is 29.0 Å². The fraction of sp³-hybridized carbons (Fsp3) is 0.276. The number of carbonyl (C=O) groups excluding carboxylic acids is 5. The van der Waals surface area contributed by atoms with Crippen molar-refractivity contribution in [3.63, 3.8) is 0 Å². The molecule has 0 unspecified atom stereocenters. The average molecular weight is 633 g/mol. The number of ketones is 1. The molecule has 232 valence electrons. The van der Waals surface area contributed by atoms with Gasteiger partial charge in [0.05, 0.1) is 18.7 Å². The minimum atomic E-state index is -5.23. The van der Waals surface area contributed by atoms with Crippen LogP contribution >= 0.6 is 11.6 Å². The monoisotopic (exact) mass is 632 g/mol. The number of halogens is 4. The van der Waals surface area contributed by atoms with Gasteiger partial charge in [0.2, 0.25) is 11.8 Å². The maximum absolute atomic E-state index is 13.5. The summed E-state index contributed by atoms with van der Waals surface area (Å²) in [6.07, 6.45) is -3.61. The fourth-order valence-electron chi connectivity index (χ4n) is 3.95. The Morgan fingerprint density at radius 1 is 0.864 bits per heavy atom. The number of hydrogen-bond acceptors (Lipinski definition) is 7. The van der Waals surface area contributed by atoms with Crippen molar-refractivity contribution in [2.75, 3.05) is 0 Å². The lowest BCUT2D eigenvalue weighted by Crippen LogP contribution is -2.59. The molecule has 0 aliphatic heterocycles. The summed E-state index contributed by atoms with van der Waals surface area (Å²) in [5.41, 5.74) is 0.437. The predicted octanol–water partition coefficient (Wildman–Crippen LogP) is 2.67. The molecule has 0 radical (unpaired) electrons. The van der Waals surface area contributed by atoms with Gasteiger partial charge in [-0.1, -0.05) is 67.9 Å². The highest BCUT2D eigenvalue weighted by Gasteiger charge is 2.45. The van der Waals surface area contributed by atoms with Crippen LogP contribution in [0, 0.1) is 5.92 Å². The second-order valence-corrected chi connectivity index (χ2v) is 10.3. The molecular weight excluding hydrogens is 605 g/mol. The van der Waals surface area contributed by atoms with Gasteiger partial charge in [-0.15, -0.1) is 0 Å². The average Bonchev–Trinajstić information content (AvgIpc) is 2.98. The van der Waals surface area contributed by atoms with Crippen LogP contribution in [0.25, 0.3) is 0 Å². The first-order chi connectivity index (χ1) is 20.8. The zero-order valence-electron chi connectivity index (χ0n) is 23.4. The highest BCUT2D eigenvalue weighted by atomic mass is 35.5. The number of amides is 4. The molecule has 4 amide bonds. The SMILES string of the molecule is CC(C)[C@H](NC(=O)[C@@H](NC(=O)[C@H](NC(=O)Cc1cccc(Cl)c1)NC(=O)c1cnccn1)c1ccccc1)C(=O)C(F)(F)F. The van der Waals surface area contributed by atoms with Crippen LogP contribution in [0.4, 0.5) is 13.2 Å². The Morgan fingerprint density at radius 3 is 2.16 bits per heavy atom. The zero-order chi connectivity index (χ0) is 32.4. The van der Waals surface area contributed by atoms with E-state index in [0.29, 0.717) is 10.6 Å². The number of aromatic nitrogens is 2. The van der Waals surface area contributed by atoms with Crippen LogP contribution in [0.3, 0.4) is 0 Å². The second kappa shape index (κ2) is 15.0. The summed E-state index contributed by atoms with van der Waals surface area (Å²) >= 11 is 5.98. The first kappa shape index (κ1) is 33.6. The fourth-order valence-corrected chi connectivity index (χ4v) is 4.17. The predicted molar refractivity (Wildman–Crippen MR) is 152 cm³/mol. The summed E-state index contributed by atoms with van der Waals surface area (Å²) < 4.78 is 39.7. The molecule has 3 aromatic rings. The number of nitrogens with one attached hydrogen (secondary N) is 4. The molecule has 0 spiro atoms. The standard InChI is InChI=1S/C29H28ClF3N6O5/c1-16(2)22(24(41)29(31,32)33)37-27(43)23(18-8-4-3-5-9-18)38-28(44)25(39-26(42)20-15-34-11-12-35-20)36-21(40)14-17-7-6-10-19(30)13-17/h3-13,15-16,22-23,25H,14H2,1-2H3,(H,36,40)(H,37,43)(H,38,44)(H,39,42)/t22-,23-,25+/m0/s1. The highest BCUT2D eigenvalue weighted by molar-refractivity contribution is 6.30. The summed E-state index contributed by atoms with van der Waals surface area (Å²) in [7, 11) is 0. The summed E-state index contributed by atoms with van der Waals surface area (Å²) in [4.78, 5) is 72.3. The van der Waals surface area contributed by atoms with Crippen molar-refractivity contribution >= 4 is 41.0 Å². The van der Waals surface area contributed by atoms with Crippen LogP contribution in [-0.2, 0) is 25.6 Å². The smallest absolute Gasteiger partial charge is 0.344 e. The Hall–Kier alpha value is -4.85. The van der Waals surface area contributed by atoms with Crippen molar-refractivity contribution in [3.8, 4) is 0 Å². The van der Waals surface area contributed by atoms with Gasteiger partial charge < -0.3 is 21.3 Å². The molecule has 0 aliphatic rings. The van der Waals surface area contributed by atoms with E-state index in [-0.39, 0.29) is 17.7 Å². The molecule has 0 saturated heterocycles. The molecule has 1 aromatic heterocycles. The van der Waals surface area contributed by atoms with Gasteiger partial charge in [0.25, 0.3) is 17.6 Å². The molecule has 3 rings (SSSR count). The van der Waals surface area contributed by atoms with Crippen LogP contribution in [0.2, 0.25) is 5.02 Å². The zero-order valence-corrected chi connectivity index (χ0v) is 24.1. The third-order valence-corrected chi connectivity index (χ3v) is 6.34. The van der Waals surface area contributed by atoms with E-state index in [1.165, 1.54) is 56.6 Å². The van der Waals surface area contributed by atoms with E-state index in [1.54, 1.807) is 24.3 Å². The molecule has 0 bridgehead atoms. The van der Waals surface area contributed by atoms with E-state index in [1.807, 2.05) is 0 Å². The number of rotatable bonds is 12. The van der Waals surface area contributed by atoms with E-state index in [2.05, 4.69) is 31.2 Å². The lowest BCUT2D eigenvalue weighted by atomic mass is 9.98. The van der Waals surface area contributed by atoms with Gasteiger partial charge in [0.15, 0.2) is 6.17 Å². The first-order valence-electron chi connectivity index (χ1n) is 13.1. The summed E-state index contributed by atoms with van der Waals surface area (Å²) in [5.74, 6) is -6.98. The summed E-state index contributed by atoms with van der Waals surface area (Å²) in [6.45, 7) is 2.64. The molecule has 11 nitrogen and oxygen atoms in total. The van der Waals surface area contributed by atoms with Crippen LogP contribution in [0.5, 0.6) is 0 Å². The van der Waals surface area contributed by atoms with Crippen molar-refractivity contribution in [1.82, 2.24) is 31.2 Å². The number of carbonyl (C=O) groups is 5. The van der Waals surface area contributed by atoms with E-state index in [9.17, 15) is 37.1 Å². The summed E-state index contributed by atoms with van der Waals surface area (Å²) in [6, 6.07) is 10.2. The normalized spacial score (nSPS) is 13.2. The number of hydrogen-bond donors (Lipinski definition) is 4. The molecule has 0 aliphatic carbocycles. The van der Waals surface area contributed by atoms with Crippen molar-refractivity contribution in [3.05, 3.63) is 95.0 Å². The minimum absolute atomic E-state index is 0.143. The molecule has 3 atom stereocenters. The molecule has 0 saturated carbocycles. The Morgan fingerprint density at radius 2 is 1.57 bits per heavy atom. The van der Waals surface area contributed by atoms with Crippen LogP contribution < -0.4 is 21.3 Å². The minimum Gasteiger partial charge on any atom is -0.344 e. The number of alkyl halides is 3. The van der Waals surface area contributed by atoms with Gasteiger partial charge in [-0.05, 0) is 29.2 Å². The largest absolute Gasteiger partial charge is 0.452 e. The quantitative estimate of drug-likeness (QED) is 0.223. The Bertz CT molecular complexity index is 1490. The lowest BCUT2D eigenvalue weighted by molar-refractivity contribution is -0.175. The van der Waals surface area contributed by atoms with Crippen molar-refractivity contribution in [2.24, 2.45) is 5.92 Å². The van der Waals surface area contributed by atoms with E-state index >= 15 is 0 Å². The van der Waals surface area contributed by atoms with Crippen LogP contribution in [0.1, 0.15) is 41.5 Å². The third-order valence-electron chi connectivity index (χ3n) is 6.10.